The minimum atomic E-state index is 0. The number of rotatable bonds is 2. The summed E-state index contributed by atoms with van der Waals surface area (Å²) in [4.78, 5) is 14.6. The molecule has 0 aliphatic carbocycles. The van der Waals surface area contributed by atoms with Crippen LogP contribution in [-0.4, -0.2) is 37.0 Å². The third-order valence-corrected chi connectivity index (χ3v) is 5.44. The van der Waals surface area contributed by atoms with Crippen LogP contribution in [0.4, 0.5) is 0 Å². The van der Waals surface area contributed by atoms with Gasteiger partial charge in [0.1, 0.15) is 0 Å². The minimum Gasteiger partial charge on any atom is -0.342 e. The number of benzene rings is 1. The molecule has 2 aliphatic rings. The van der Waals surface area contributed by atoms with E-state index >= 15 is 0 Å². The van der Waals surface area contributed by atoms with E-state index in [0.29, 0.717) is 17.7 Å². The van der Waals surface area contributed by atoms with Crippen LogP contribution in [0.1, 0.15) is 36.8 Å². The van der Waals surface area contributed by atoms with Crippen molar-refractivity contribution in [3.63, 3.8) is 0 Å². The molecule has 0 saturated carbocycles. The molecule has 2 saturated heterocycles. The summed E-state index contributed by atoms with van der Waals surface area (Å²) in [5.74, 6) is 0.299. The summed E-state index contributed by atoms with van der Waals surface area (Å²) < 4.78 is 0. The van der Waals surface area contributed by atoms with Crippen molar-refractivity contribution in [1.29, 1.82) is 0 Å². The molecule has 22 heavy (non-hydrogen) atoms. The lowest BCUT2D eigenvalue weighted by molar-refractivity contribution is -0.133. The van der Waals surface area contributed by atoms with Gasteiger partial charge in [0.25, 0.3) is 0 Å². The van der Waals surface area contributed by atoms with Crippen molar-refractivity contribution in [2.75, 3.05) is 26.2 Å². The van der Waals surface area contributed by atoms with Gasteiger partial charge in [-0.2, -0.15) is 0 Å². The number of hydrogen-bond donors (Lipinski definition) is 1. The average molecular weight is 323 g/mol. The van der Waals surface area contributed by atoms with Crippen molar-refractivity contribution >= 4 is 18.3 Å². The largest absolute Gasteiger partial charge is 0.342 e. The number of carbonyl (C=O) groups excluding carboxylic acids is 1. The third-order valence-electron chi connectivity index (χ3n) is 5.44. The van der Waals surface area contributed by atoms with E-state index in [4.69, 9.17) is 0 Å². The molecule has 0 atom stereocenters. The van der Waals surface area contributed by atoms with Crippen molar-refractivity contribution < 1.29 is 4.79 Å². The first-order valence-electron chi connectivity index (χ1n) is 8.22. The predicted octanol–water partition coefficient (Wildman–Crippen LogP) is 2.95. The molecule has 2 aliphatic heterocycles. The Hall–Kier alpha value is -1.06. The van der Waals surface area contributed by atoms with Gasteiger partial charge in [0, 0.05) is 13.1 Å². The molecule has 1 spiro atoms. The van der Waals surface area contributed by atoms with E-state index in [1.165, 1.54) is 36.8 Å². The Bertz CT molecular complexity index is 502. The van der Waals surface area contributed by atoms with Gasteiger partial charge >= 0.3 is 0 Å². The Labute approximate surface area is 139 Å². The van der Waals surface area contributed by atoms with E-state index < -0.39 is 0 Å². The Kier molecular flexibility index (Phi) is 5.87. The first-order valence-corrected chi connectivity index (χ1v) is 8.22. The van der Waals surface area contributed by atoms with Crippen LogP contribution in [0.25, 0.3) is 0 Å². The van der Waals surface area contributed by atoms with Crippen LogP contribution >= 0.6 is 12.4 Å². The van der Waals surface area contributed by atoms with Gasteiger partial charge in [-0.1, -0.05) is 24.3 Å². The topological polar surface area (TPSA) is 32.3 Å². The highest BCUT2D eigenvalue weighted by Crippen LogP contribution is 2.39. The van der Waals surface area contributed by atoms with E-state index in [1.54, 1.807) is 0 Å². The Morgan fingerprint density at radius 3 is 2.41 bits per heavy atom. The highest BCUT2D eigenvalue weighted by atomic mass is 35.5. The molecule has 1 N–H and O–H groups in total. The Morgan fingerprint density at radius 1 is 1.14 bits per heavy atom. The molecule has 1 amide bonds. The summed E-state index contributed by atoms with van der Waals surface area (Å²) >= 11 is 0. The highest BCUT2D eigenvalue weighted by molar-refractivity contribution is 5.85. The molecular weight excluding hydrogens is 296 g/mol. The second-order valence-electron chi connectivity index (χ2n) is 6.73. The summed E-state index contributed by atoms with van der Waals surface area (Å²) in [6, 6.07) is 8.22. The second-order valence-corrected chi connectivity index (χ2v) is 6.73. The molecule has 1 aromatic carbocycles. The fraction of sp³-hybridized carbons (Fsp3) is 0.611. The highest BCUT2D eigenvalue weighted by Gasteiger charge is 2.36. The van der Waals surface area contributed by atoms with Gasteiger partial charge in [-0.05, 0) is 62.2 Å². The van der Waals surface area contributed by atoms with Crippen LogP contribution < -0.4 is 5.32 Å². The van der Waals surface area contributed by atoms with Crippen LogP contribution in [0, 0.1) is 12.3 Å². The van der Waals surface area contributed by atoms with Crippen LogP contribution in [-0.2, 0) is 11.2 Å². The molecule has 0 unspecified atom stereocenters. The van der Waals surface area contributed by atoms with Crippen LogP contribution in [0.15, 0.2) is 24.3 Å². The van der Waals surface area contributed by atoms with Gasteiger partial charge in [-0.3, -0.25) is 4.79 Å². The van der Waals surface area contributed by atoms with Gasteiger partial charge in [0.2, 0.25) is 5.91 Å². The lowest BCUT2D eigenvalue weighted by atomic mass is 9.71. The molecule has 4 heteroatoms. The first kappa shape index (κ1) is 17.3. The molecule has 2 heterocycles. The number of carbonyl (C=O) groups is 1. The number of hydrogen-bond acceptors (Lipinski definition) is 2. The number of likely N-dealkylation sites (tertiary alicyclic amines) is 1. The van der Waals surface area contributed by atoms with Gasteiger partial charge < -0.3 is 10.2 Å². The number of aryl methyl sites for hydroxylation is 1. The zero-order valence-electron chi connectivity index (χ0n) is 13.4. The number of nitrogens with one attached hydrogen (secondary N) is 1. The molecule has 2 fully saturated rings. The lowest BCUT2D eigenvalue weighted by Gasteiger charge is -2.44. The lowest BCUT2D eigenvalue weighted by Crippen LogP contribution is -2.47. The van der Waals surface area contributed by atoms with E-state index in [0.717, 1.165) is 26.2 Å². The number of halogens is 1. The fourth-order valence-corrected chi connectivity index (χ4v) is 3.77. The monoisotopic (exact) mass is 322 g/mol. The third kappa shape index (κ3) is 3.82. The summed E-state index contributed by atoms with van der Waals surface area (Å²) in [5.41, 5.74) is 2.91. The SMILES string of the molecule is Cc1ccccc1CC(=O)N1CCC2(CCNCC2)CC1.Cl. The van der Waals surface area contributed by atoms with Gasteiger partial charge in [0.15, 0.2) is 0 Å². The van der Waals surface area contributed by atoms with Crippen LogP contribution in [0.3, 0.4) is 0 Å². The zero-order valence-corrected chi connectivity index (χ0v) is 14.3. The molecule has 0 bridgehead atoms. The molecule has 0 aromatic heterocycles. The van der Waals surface area contributed by atoms with Crippen molar-refractivity contribution in [2.24, 2.45) is 5.41 Å². The number of nitrogens with zero attached hydrogens (tertiary/aromatic N) is 1. The maximum absolute atomic E-state index is 12.5. The van der Waals surface area contributed by atoms with Crippen molar-refractivity contribution in [2.45, 2.75) is 39.0 Å². The van der Waals surface area contributed by atoms with Gasteiger partial charge in [0.05, 0.1) is 6.42 Å². The molecule has 1 aromatic rings. The minimum absolute atomic E-state index is 0. The Balaban J connectivity index is 0.00000176. The van der Waals surface area contributed by atoms with Crippen molar-refractivity contribution in [3.05, 3.63) is 35.4 Å². The number of amides is 1. The second kappa shape index (κ2) is 7.47. The zero-order chi connectivity index (χ0) is 14.7. The number of piperidine rings is 2. The normalized spacial score (nSPS) is 20.5. The predicted molar refractivity (Wildman–Crippen MR) is 92.5 cm³/mol. The van der Waals surface area contributed by atoms with Gasteiger partial charge in [-0.15, -0.1) is 12.4 Å². The fourth-order valence-electron chi connectivity index (χ4n) is 3.77. The quantitative estimate of drug-likeness (QED) is 0.908. The average Bonchev–Trinajstić information content (AvgIpc) is 2.51. The first-order chi connectivity index (χ1) is 10.2. The van der Waals surface area contributed by atoms with E-state index in [1.807, 2.05) is 12.1 Å². The molecular formula is C18H27ClN2O. The van der Waals surface area contributed by atoms with E-state index in [-0.39, 0.29) is 12.4 Å². The summed E-state index contributed by atoms with van der Waals surface area (Å²) in [5, 5.41) is 3.45. The smallest absolute Gasteiger partial charge is 0.226 e. The standard InChI is InChI=1S/C18H26N2O.ClH/c1-15-4-2-3-5-16(15)14-17(21)20-12-8-18(9-13-20)6-10-19-11-7-18;/h2-5,19H,6-14H2,1H3;1H. The van der Waals surface area contributed by atoms with Gasteiger partial charge in [-0.25, -0.2) is 0 Å². The summed E-state index contributed by atoms with van der Waals surface area (Å²) in [6.07, 6.45) is 5.50. The maximum atomic E-state index is 12.5. The maximum Gasteiger partial charge on any atom is 0.226 e. The molecule has 3 nitrogen and oxygen atoms in total. The van der Waals surface area contributed by atoms with Crippen molar-refractivity contribution in [1.82, 2.24) is 10.2 Å². The molecule has 3 rings (SSSR count). The van der Waals surface area contributed by atoms with Crippen molar-refractivity contribution in [3.8, 4) is 0 Å². The summed E-state index contributed by atoms with van der Waals surface area (Å²) in [7, 11) is 0. The molecule has 122 valence electrons. The van der Waals surface area contributed by atoms with E-state index in [2.05, 4.69) is 29.3 Å². The van der Waals surface area contributed by atoms with E-state index in [9.17, 15) is 4.79 Å². The van der Waals surface area contributed by atoms with Crippen LogP contribution in [0.5, 0.6) is 0 Å². The molecule has 0 radical (unpaired) electrons. The Morgan fingerprint density at radius 2 is 1.77 bits per heavy atom. The summed E-state index contributed by atoms with van der Waals surface area (Å²) in [6.45, 7) is 6.28. The van der Waals surface area contributed by atoms with Crippen LogP contribution in [0.2, 0.25) is 0 Å².